The highest BCUT2D eigenvalue weighted by Gasteiger charge is 2.27. The predicted molar refractivity (Wildman–Crippen MR) is 76.2 cm³/mol. The Hall–Kier alpha value is -1.78. The first-order valence-corrected chi connectivity index (χ1v) is 7.24. The van der Waals surface area contributed by atoms with Gasteiger partial charge in [0.1, 0.15) is 5.82 Å². The van der Waals surface area contributed by atoms with E-state index in [-0.39, 0.29) is 17.9 Å². The average molecular weight is 277 g/mol. The van der Waals surface area contributed by atoms with Gasteiger partial charge in [0.2, 0.25) is 0 Å². The van der Waals surface area contributed by atoms with Gasteiger partial charge >= 0.3 is 6.03 Å². The highest BCUT2D eigenvalue weighted by molar-refractivity contribution is 5.72. The summed E-state index contributed by atoms with van der Waals surface area (Å²) in [5.74, 6) is 0.329. The predicted octanol–water partition coefficient (Wildman–Crippen LogP) is 2.66. The molecule has 1 saturated carbocycles. The summed E-state index contributed by atoms with van der Waals surface area (Å²) < 4.78 is 14.0. The Labute approximate surface area is 118 Å². The Bertz CT molecular complexity index is 508. The minimum Gasteiger partial charge on any atom is -0.382 e. The molecule has 1 aliphatic carbocycles. The maximum atomic E-state index is 14.0. The molecule has 0 spiro atoms. The van der Waals surface area contributed by atoms with Crippen molar-refractivity contribution in [3.8, 4) is 0 Å². The van der Waals surface area contributed by atoms with Crippen molar-refractivity contribution in [1.29, 1.82) is 0 Å². The Morgan fingerprint density at radius 1 is 1.25 bits per heavy atom. The molecule has 5 heteroatoms. The molecule has 20 heavy (non-hydrogen) atoms. The number of nitrogens with two attached hydrogens (primary N) is 1. The number of benzene rings is 1. The maximum Gasteiger partial charge on any atom is 0.314 e. The number of piperidine rings is 1. The Balaban J connectivity index is 1.58. The van der Waals surface area contributed by atoms with Gasteiger partial charge in [-0.25, -0.2) is 9.18 Å². The molecule has 0 aromatic heterocycles. The first-order chi connectivity index (χ1) is 9.63. The van der Waals surface area contributed by atoms with Gasteiger partial charge in [-0.15, -0.1) is 0 Å². The zero-order valence-corrected chi connectivity index (χ0v) is 11.4. The summed E-state index contributed by atoms with van der Waals surface area (Å²) in [5, 5.41) is 3.35. The second-order valence-corrected chi connectivity index (χ2v) is 5.75. The van der Waals surface area contributed by atoms with E-state index in [0.29, 0.717) is 19.0 Å². The van der Waals surface area contributed by atoms with Crippen LogP contribution in [0.4, 0.5) is 14.9 Å². The van der Waals surface area contributed by atoms with E-state index in [2.05, 4.69) is 5.32 Å². The third-order valence-corrected chi connectivity index (χ3v) is 4.20. The molecule has 3 rings (SSSR count). The van der Waals surface area contributed by atoms with Gasteiger partial charge in [0.05, 0.1) is 0 Å². The number of primary amides is 1. The lowest BCUT2D eigenvalue weighted by atomic mass is 10.0. The number of hydrogen-bond donors (Lipinski definition) is 2. The van der Waals surface area contributed by atoms with Gasteiger partial charge in [-0.05, 0) is 49.3 Å². The van der Waals surface area contributed by atoms with Crippen LogP contribution in [0.15, 0.2) is 18.2 Å². The minimum atomic E-state index is -0.358. The fourth-order valence-corrected chi connectivity index (χ4v) is 2.82. The molecule has 1 saturated heterocycles. The van der Waals surface area contributed by atoms with Crippen LogP contribution in [0.1, 0.15) is 37.2 Å². The van der Waals surface area contributed by atoms with Gasteiger partial charge in [0, 0.05) is 24.8 Å². The molecule has 1 aromatic carbocycles. The summed E-state index contributed by atoms with van der Waals surface area (Å²) in [6.45, 7) is 1.32. The molecule has 1 aromatic rings. The number of hydrogen-bond acceptors (Lipinski definition) is 2. The number of amides is 2. The number of anilines is 1. The first kappa shape index (κ1) is 13.2. The monoisotopic (exact) mass is 277 g/mol. The summed E-state index contributed by atoms with van der Waals surface area (Å²) in [4.78, 5) is 12.7. The smallest absolute Gasteiger partial charge is 0.314 e. The summed E-state index contributed by atoms with van der Waals surface area (Å²) in [6.07, 6.45) is 3.90. The zero-order chi connectivity index (χ0) is 14.1. The van der Waals surface area contributed by atoms with E-state index in [1.54, 1.807) is 11.0 Å². The highest BCUT2D eigenvalue weighted by atomic mass is 19.1. The summed E-state index contributed by atoms with van der Waals surface area (Å²) in [7, 11) is 0. The molecule has 1 aliphatic heterocycles. The molecule has 1 heterocycles. The number of likely N-dealkylation sites (tertiary alicyclic amines) is 1. The molecule has 2 fully saturated rings. The molecule has 0 atom stereocenters. The largest absolute Gasteiger partial charge is 0.382 e. The second kappa shape index (κ2) is 5.31. The number of nitrogens with one attached hydrogen (secondary N) is 1. The number of halogens is 1. The summed E-state index contributed by atoms with van der Waals surface area (Å²) in [6, 6.07) is 5.36. The molecule has 108 valence electrons. The highest BCUT2D eigenvalue weighted by Crippen LogP contribution is 2.41. The van der Waals surface area contributed by atoms with Gasteiger partial charge < -0.3 is 16.0 Å². The standard InChI is InChI=1S/C15H20FN3O/c16-14-9-12(3-4-13(14)10-1-2-10)18-11-5-7-19(8-6-11)15(17)20/h3-4,9-11,18H,1-2,5-8H2,(H2,17,20). The summed E-state index contributed by atoms with van der Waals surface area (Å²) >= 11 is 0. The molecule has 3 N–H and O–H groups in total. The van der Waals surface area contributed by atoms with E-state index in [4.69, 9.17) is 5.73 Å². The number of carbonyl (C=O) groups excluding carboxylic acids is 1. The third-order valence-electron chi connectivity index (χ3n) is 4.20. The van der Waals surface area contributed by atoms with Crippen LogP contribution in [0.3, 0.4) is 0 Å². The van der Waals surface area contributed by atoms with Gasteiger partial charge in [0.25, 0.3) is 0 Å². The van der Waals surface area contributed by atoms with Gasteiger partial charge in [-0.1, -0.05) is 6.07 Å². The zero-order valence-electron chi connectivity index (χ0n) is 11.4. The van der Waals surface area contributed by atoms with Crippen molar-refractivity contribution >= 4 is 11.7 Å². The third kappa shape index (κ3) is 2.86. The quantitative estimate of drug-likeness (QED) is 0.892. The number of nitrogens with zero attached hydrogens (tertiary/aromatic N) is 1. The molecular formula is C15H20FN3O. The number of rotatable bonds is 3. The van der Waals surface area contributed by atoms with Crippen molar-refractivity contribution in [2.24, 2.45) is 5.73 Å². The minimum absolute atomic E-state index is 0.105. The maximum absolute atomic E-state index is 14.0. The van der Waals surface area contributed by atoms with E-state index in [9.17, 15) is 9.18 Å². The van der Waals surface area contributed by atoms with E-state index in [0.717, 1.165) is 36.9 Å². The van der Waals surface area contributed by atoms with Gasteiger partial charge in [0.15, 0.2) is 0 Å². The van der Waals surface area contributed by atoms with Crippen molar-refractivity contribution < 1.29 is 9.18 Å². The van der Waals surface area contributed by atoms with Crippen molar-refractivity contribution in [2.75, 3.05) is 18.4 Å². The first-order valence-electron chi connectivity index (χ1n) is 7.24. The lowest BCUT2D eigenvalue weighted by molar-refractivity contribution is 0.193. The van der Waals surface area contributed by atoms with Crippen molar-refractivity contribution in [1.82, 2.24) is 4.90 Å². The van der Waals surface area contributed by atoms with E-state index in [1.807, 2.05) is 12.1 Å². The fourth-order valence-electron chi connectivity index (χ4n) is 2.82. The average Bonchev–Trinajstić information content (AvgIpc) is 3.24. The molecule has 2 aliphatic rings. The number of urea groups is 1. The Morgan fingerprint density at radius 3 is 2.50 bits per heavy atom. The SMILES string of the molecule is NC(=O)N1CCC(Nc2ccc(C3CC3)c(F)c2)CC1. The molecule has 4 nitrogen and oxygen atoms in total. The topological polar surface area (TPSA) is 58.4 Å². The van der Waals surface area contributed by atoms with Gasteiger partial charge in [-0.3, -0.25) is 0 Å². The van der Waals surface area contributed by atoms with Crippen LogP contribution in [0, 0.1) is 5.82 Å². The fraction of sp³-hybridized carbons (Fsp3) is 0.533. The van der Waals surface area contributed by atoms with Crippen LogP contribution in [0.25, 0.3) is 0 Å². The van der Waals surface area contributed by atoms with E-state index >= 15 is 0 Å². The molecule has 0 radical (unpaired) electrons. The van der Waals surface area contributed by atoms with Crippen LogP contribution in [-0.4, -0.2) is 30.1 Å². The van der Waals surface area contributed by atoms with Crippen LogP contribution in [-0.2, 0) is 0 Å². The van der Waals surface area contributed by atoms with Crippen LogP contribution in [0.5, 0.6) is 0 Å². The Morgan fingerprint density at radius 2 is 1.95 bits per heavy atom. The molecule has 0 bridgehead atoms. The van der Waals surface area contributed by atoms with Crippen LogP contribution >= 0.6 is 0 Å². The summed E-state index contributed by atoms with van der Waals surface area (Å²) in [5.41, 5.74) is 6.92. The lowest BCUT2D eigenvalue weighted by Crippen LogP contribution is -2.44. The normalized spacial score (nSPS) is 19.9. The van der Waals surface area contributed by atoms with Gasteiger partial charge in [-0.2, -0.15) is 0 Å². The second-order valence-electron chi connectivity index (χ2n) is 5.75. The van der Waals surface area contributed by atoms with E-state index < -0.39 is 0 Å². The van der Waals surface area contributed by atoms with Crippen LogP contribution < -0.4 is 11.1 Å². The van der Waals surface area contributed by atoms with E-state index in [1.165, 1.54) is 0 Å². The molecule has 2 amide bonds. The Kier molecular flexibility index (Phi) is 3.51. The van der Waals surface area contributed by atoms with Crippen molar-refractivity contribution in [3.63, 3.8) is 0 Å². The molecule has 0 unspecified atom stereocenters. The van der Waals surface area contributed by atoms with Crippen molar-refractivity contribution in [3.05, 3.63) is 29.6 Å². The lowest BCUT2D eigenvalue weighted by Gasteiger charge is -2.31. The van der Waals surface area contributed by atoms with Crippen LogP contribution in [0.2, 0.25) is 0 Å². The molecular weight excluding hydrogens is 257 g/mol. The van der Waals surface area contributed by atoms with Crippen molar-refractivity contribution in [2.45, 2.75) is 37.6 Å². The number of carbonyl (C=O) groups is 1.